The summed E-state index contributed by atoms with van der Waals surface area (Å²) in [6.45, 7) is 6.72. The number of carbonyl (C=O) groups excluding carboxylic acids is 2. The Morgan fingerprint density at radius 1 is 1.05 bits per heavy atom. The van der Waals surface area contributed by atoms with Gasteiger partial charge in [0.05, 0.1) is 10.2 Å². The molecule has 2 aliphatic rings. The second-order valence-corrected chi connectivity index (χ2v) is 13.2. The SMILES string of the molecule is CC(=O)N1CCC(C(=O)N(CCCN2CCC(Sc3nc4ccccc4s3)CC2)c2cccc(Cl)c2)CC1. The monoisotopic (exact) mass is 570 g/mol. The van der Waals surface area contributed by atoms with Gasteiger partial charge in [-0.1, -0.05) is 41.6 Å². The Bertz CT molecular complexity index is 1220. The lowest BCUT2D eigenvalue weighted by Crippen LogP contribution is -2.45. The zero-order valence-corrected chi connectivity index (χ0v) is 24.2. The van der Waals surface area contributed by atoms with E-state index in [0.29, 0.717) is 29.9 Å². The summed E-state index contributed by atoms with van der Waals surface area (Å²) in [5.41, 5.74) is 1.96. The summed E-state index contributed by atoms with van der Waals surface area (Å²) in [6, 6.07) is 16.0. The first-order valence-corrected chi connectivity index (χ1v) is 15.6. The molecular formula is C29H35ClN4O2S2. The van der Waals surface area contributed by atoms with Gasteiger partial charge < -0.3 is 14.7 Å². The van der Waals surface area contributed by atoms with Crippen LogP contribution in [-0.2, 0) is 9.59 Å². The molecule has 0 unspecified atom stereocenters. The third-order valence-electron chi connectivity index (χ3n) is 7.61. The average molecular weight is 571 g/mol. The number of fused-ring (bicyclic) bond motifs is 1. The molecule has 0 atom stereocenters. The van der Waals surface area contributed by atoms with E-state index in [2.05, 4.69) is 23.1 Å². The highest BCUT2D eigenvalue weighted by molar-refractivity contribution is 8.01. The second kappa shape index (κ2) is 12.8. The molecule has 2 aliphatic heterocycles. The summed E-state index contributed by atoms with van der Waals surface area (Å²) in [4.78, 5) is 36.4. The van der Waals surface area contributed by atoms with Gasteiger partial charge in [0.25, 0.3) is 0 Å². The Morgan fingerprint density at radius 2 is 1.82 bits per heavy atom. The van der Waals surface area contributed by atoms with Crippen molar-refractivity contribution >= 4 is 62.4 Å². The van der Waals surface area contributed by atoms with Crippen molar-refractivity contribution in [2.45, 2.75) is 48.6 Å². The zero-order valence-electron chi connectivity index (χ0n) is 21.9. The van der Waals surface area contributed by atoms with E-state index < -0.39 is 0 Å². The summed E-state index contributed by atoms with van der Waals surface area (Å²) in [5, 5.41) is 1.25. The van der Waals surface area contributed by atoms with Gasteiger partial charge in [0, 0.05) is 48.4 Å². The summed E-state index contributed by atoms with van der Waals surface area (Å²) < 4.78 is 2.44. The van der Waals surface area contributed by atoms with E-state index in [4.69, 9.17) is 16.6 Å². The number of hydrogen-bond acceptors (Lipinski definition) is 6. The van der Waals surface area contributed by atoms with E-state index in [1.165, 1.54) is 9.04 Å². The minimum absolute atomic E-state index is 0.0557. The van der Waals surface area contributed by atoms with Crippen molar-refractivity contribution in [3.8, 4) is 0 Å². The normalized spacial score (nSPS) is 17.7. The van der Waals surface area contributed by atoms with Crippen LogP contribution in [0.1, 0.15) is 39.0 Å². The topological polar surface area (TPSA) is 56.8 Å². The molecule has 2 aromatic carbocycles. The molecule has 0 bridgehead atoms. The molecule has 0 aliphatic carbocycles. The second-order valence-electron chi connectivity index (χ2n) is 10.2. The molecular weight excluding hydrogens is 536 g/mol. The number of halogens is 1. The summed E-state index contributed by atoms with van der Waals surface area (Å²) in [6.07, 6.45) is 4.67. The van der Waals surface area contributed by atoms with Crippen LogP contribution in [0.15, 0.2) is 52.9 Å². The highest BCUT2D eigenvalue weighted by Gasteiger charge is 2.30. The molecule has 5 rings (SSSR count). The molecule has 3 aromatic rings. The fourth-order valence-electron chi connectivity index (χ4n) is 5.42. The third kappa shape index (κ3) is 6.89. The average Bonchev–Trinajstić information content (AvgIpc) is 3.34. The van der Waals surface area contributed by atoms with Crippen LogP contribution in [-0.4, -0.2) is 71.1 Å². The van der Waals surface area contributed by atoms with Crippen molar-refractivity contribution in [3.05, 3.63) is 53.6 Å². The van der Waals surface area contributed by atoms with Crippen molar-refractivity contribution in [2.75, 3.05) is 44.2 Å². The Labute approximate surface area is 238 Å². The minimum Gasteiger partial charge on any atom is -0.343 e. The van der Waals surface area contributed by atoms with Crippen molar-refractivity contribution in [1.29, 1.82) is 0 Å². The van der Waals surface area contributed by atoms with Crippen molar-refractivity contribution < 1.29 is 9.59 Å². The first-order chi connectivity index (χ1) is 18.5. The van der Waals surface area contributed by atoms with E-state index in [1.54, 1.807) is 18.3 Å². The van der Waals surface area contributed by atoms with Crippen molar-refractivity contribution in [3.63, 3.8) is 0 Å². The lowest BCUT2D eigenvalue weighted by molar-refractivity contribution is -0.133. The Balaban J connectivity index is 1.12. The standard InChI is InChI=1S/C29H35ClN4O2S2/c1-21(35)33-18-10-22(11-19-33)28(36)34(24-7-4-6-23(30)20-24)15-5-14-32-16-12-25(13-17-32)37-29-31-26-8-2-3-9-27(26)38-29/h2-4,6-9,20,22,25H,5,10-19H2,1H3. The van der Waals surface area contributed by atoms with Gasteiger partial charge in [0.1, 0.15) is 0 Å². The number of amides is 2. The van der Waals surface area contributed by atoms with Crippen LogP contribution in [0.2, 0.25) is 5.02 Å². The number of para-hydroxylation sites is 1. The fraction of sp³-hybridized carbons (Fsp3) is 0.483. The number of thioether (sulfide) groups is 1. The van der Waals surface area contributed by atoms with Gasteiger partial charge in [0.15, 0.2) is 4.34 Å². The number of likely N-dealkylation sites (tertiary alicyclic amines) is 2. The van der Waals surface area contributed by atoms with Crippen LogP contribution in [0.25, 0.3) is 10.2 Å². The van der Waals surface area contributed by atoms with E-state index in [1.807, 2.05) is 51.9 Å². The van der Waals surface area contributed by atoms with Gasteiger partial charge in [-0.2, -0.15) is 0 Å². The quantitative estimate of drug-likeness (QED) is 0.323. The molecule has 202 valence electrons. The van der Waals surface area contributed by atoms with Crippen LogP contribution < -0.4 is 4.90 Å². The number of aromatic nitrogens is 1. The number of rotatable bonds is 8. The lowest BCUT2D eigenvalue weighted by Gasteiger charge is -2.35. The molecule has 3 heterocycles. The van der Waals surface area contributed by atoms with E-state index in [9.17, 15) is 9.59 Å². The summed E-state index contributed by atoms with van der Waals surface area (Å²) in [5.74, 6) is 0.186. The molecule has 2 amide bonds. The predicted molar refractivity (Wildman–Crippen MR) is 158 cm³/mol. The first kappa shape index (κ1) is 27.4. The lowest BCUT2D eigenvalue weighted by atomic mass is 9.94. The summed E-state index contributed by atoms with van der Waals surface area (Å²) in [7, 11) is 0. The van der Waals surface area contributed by atoms with Crippen molar-refractivity contribution in [2.24, 2.45) is 5.92 Å². The zero-order chi connectivity index (χ0) is 26.5. The third-order valence-corrected chi connectivity index (χ3v) is 10.3. The maximum absolute atomic E-state index is 13.6. The molecule has 0 saturated carbocycles. The van der Waals surface area contributed by atoms with E-state index in [-0.39, 0.29) is 17.7 Å². The van der Waals surface area contributed by atoms with Gasteiger partial charge in [-0.05, 0) is 82.1 Å². The van der Waals surface area contributed by atoms with Crippen LogP contribution in [0, 0.1) is 5.92 Å². The molecule has 2 saturated heterocycles. The highest BCUT2D eigenvalue weighted by atomic mass is 35.5. The van der Waals surface area contributed by atoms with Crippen LogP contribution in [0.5, 0.6) is 0 Å². The smallest absolute Gasteiger partial charge is 0.230 e. The largest absolute Gasteiger partial charge is 0.343 e. The number of thiazole rings is 1. The molecule has 0 radical (unpaired) electrons. The molecule has 6 nitrogen and oxygen atoms in total. The molecule has 0 N–H and O–H groups in total. The highest BCUT2D eigenvalue weighted by Crippen LogP contribution is 2.35. The van der Waals surface area contributed by atoms with Crippen LogP contribution in [0.4, 0.5) is 5.69 Å². The van der Waals surface area contributed by atoms with Gasteiger partial charge in [0.2, 0.25) is 11.8 Å². The number of anilines is 1. The first-order valence-electron chi connectivity index (χ1n) is 13.5. The number of benzene rings is 2. The maximum atomic E-state index is 13.6. The van der Waals surface area contributed by atoms with Crippen LogP contribution in [0.3, 0.4) is 0 Å². The van der Waals surface area contributed by atoms with Gasteiger partial charge in [-0.25, -0.2) is 4.98 Å². The van der Waals surface area contributed by atoms with Gasteiger partial charge in [-0.15, -0.1) is 11.3 Å². The molecule has 2 fully saturated rings. The molecule has 9 heteroatoms. The minimum atomic E-state index is -0.0557. The van der Waals surface area contributed by atoms with Crippen molar-refractivity contribution in [1.82, 2.24) is 14.8 Å². The van der Waals surface area contributed by atoms with E-state index >= 15 is 0 Å². The fourth-order valence-corrected chi connectivity index (χ4v) is 8.05. The Morgan fingerprint density at radius 3 is 2.53 bits per heavy atom. The predicted octanol–water partition coefficient (Wildman–Crippen LogP) is 6.19. The van der Waals surface area contributed by atoms with E-state index in [0.717, 1.165) is 62.9 Å². The summed E-state index contributed by atoms with van der Waals surface area (Å²) >= 11 is 10.0. The number of nitrogens with zero attached hydrogens (tertiary/aromatic N) is 4. The Hall–Kier alpha value is -2.13. The number of hydrogen-bond donors (Lipinski definition) is 0. The molecule has 0 spiro atoms. The van der Waals surface area contributed by atoms with Crippen LogP contribution >= 0.6 is 34.7 Å². The molecule has 38 heavy (non-hydrogen) atoms. The molecule has 1 aromatic heterocycles. The van der Waals surface area contributed by atoms with Gasteiger partial charge in [-0.3, -0.25) is 9.59 Å². The number of piperidine rings is 2. The Kier molecular flexibility index (Phi) is 9.25. The number of carbonyl (C=O) groups is 2. The van der Waals surface area contributed by atoms with Gasteiger partial charge >= 0.3 is 0 Å². The maximum Gasteiger partial charge on any atom is 0.230 e.